The third-order valence-corrected chi connectivity index (χ3v) is 1.42. The van der Waals surface area contributed by atoms with Gasteiger partial charge in [-0.2, -0.15) is 0 Å². The van der Waals surface area contributed by atoms with E-state index in [-0.39, 0.29) is 6.41 Å². The number of rotatable bonds is 0. The van der Waals surface area contributed by atoms with E-state index < -0.39 is 6.09 Å². The zero-order valence-electron chi connectivity index (χ0n) is 6.69. The molecule has 0 radical (unpaired) electrons. The minimum atomic E-state index is -0.839. The van der Waals surface area contributed by atoms with E-state index in [1.54, 1.807) is 0 Å². The number of likely N-dealkylation sites (tertiary alicyclic amines) is 1. The van der Waals surface area contributed by atoms with Crippen LogP contribution in [0.3, 0.4) is 0 Å². The van der Waals surface area contributed by atoms with Crippen LogP contribution in [0, 0.1) is 0 Å². The number of primary amides is 1. The summed E-state index contributed by atoms with van der Waals surface area (Å²) in [5.74, 6) is 0. The average Bonchev–Trinajstić information content (AvgIpc) is 2.37. The van der Waals surface area contributed by atoms with Crippen molar-refractivity contribution in [2.75, 3.05) is 13.1 Å². The van der Waals surface area contributed by atoms with Gasteiger partial charge in [0.15, 0.2) is 0 Å². The highest BCUT2D eigenvalue weighted by Crippen LogP contribution is 2.11. The molecule has 0 spiro atoms. The van der Waals surface area contributed by atoms with E-state index in [0.717, 1.165) is 12.0 Å². The van der Waals surface area contributed by atoms with Crippen molar-refractivity contribution in [1.82, 2.24) is 4.90 Å². The largest absolute Gasteiger partial charge is 0.465 e. The van der Waals surface area contributed by atoms with Gasteiger partial charge in [-0.3, -0.25) is 4.79 Å². The quantitative estimate of drug-likeness (QED) is 0.399. The van der Waals surface area contributed by atoms with Gasteiger partial charge in [0.25, 0.3) is 0 Å². The zero-order valence-corrected chi connectivity index (χ0v) is 6.69. The van der Waals surface area contributed by atoms with Gasteiger partial charge in [0.05, 0.1) is 0 Å². The summed E-state index contributed by atoms with van der Waals surface area (Å²) < 4.78 is 0. The van der Waals surface area contributed by atoms with Crippen molar-refractivity contribution in [2.45, 2.75) is 6.42 Å². The third-order valence-electron chi connectivity index (χ3n) is 1.42. The molecule has 1 rings (SSSR count). The molecule has 0 aromatic carbocycles. The molecular formula is C7H12N2O3. The molecule has 1 aliphatic heterocycles. The van der Waals surface area contributed by atoms with Crippen molar-refractivity contribution in [1.29, 1.82) is 0 Å². The first-order valence-electron chi connectivity index (χ1n) is 3.41. The first-order chi connectivity index (χ1) is 5.61. The summed E-state index contributed by atoms with van der Waals surface area (Å²) >= 11 is 0. The van der Waals surface area contributed by atoms with E-state index in [4.69, 9.17) is 9.90 Å². The molecule has 3 N–H and O–H groups in total. The summed E-state index contributed by atoms with van der Waals surface area (Å²) in [7, 11) is 0. The fourth-order valence-corrected chi connectivity index (χ4v) is 0.884. The Kier molecular flexibility index (Phi) is 4.52. The van der Waals surface area contributed by atoms with Crippen molar-refractivity contribution in [3.8, 4) is 0 Å². The molecule has 5 nitrogen and oxygen atoms in total. The van der Waals surface area contributed by atoms with Gasteiger partial charge < -0.3 is 15.7 Å². The van der Waals surface area contributed by atoms with Gasteiger partial charge in [-0.05, 0) is 6.42 Å². The van der Waals surface area contributed by atoms with Crippen LogP contribution >= 0.6 is 0 Å². The Balaban J connectivity index is 0.000000354. The SMILES string of the molecule is C=C1CCN(C(=O)O)C1.NC=O. The summed E-state index contributed by atoms with van der Waals surface area (Å²) in [6.45, 7) is 4.82. The topological polar surface area (TPSA) is 83.6 Å². The molecule has 1 aliphatic rings. The maximum atomic E-state index is 10.2. The number of carbonyl (C=O) groups is 2. The normalized spacial score (nSPS) is 15.0. The van der Waals surface area contributed by atoms with Gasteiger partial charge in [-0.15, -0.1) is 0 Å². The van der Waals surface area contributed by atoms with Crippen molar-refractivity contribution in [2.24, 2.45) is 5.73 Å². The van der Waals surface area contributed by atoms with E-state index in [1.165, 1.54) is 4.90 Å². The molecular weight excluding hydrogens is 160 g/mol. The van der Waals surface area contributed by atoms with Crippen molar-refractivity contribution < 1.29 is 14.7 Å². The number of amides is 2. The number of nitrogens with zero attached hydrogens (tertiary/aromatic N) is 1. The molecule has 0 aliphatic carbocycles. The van der Waals surface area contributed by atoms with Crippen LogP contribution in [0.2, 0.25) is 0 Å². The average molecular weight is 172 g/mol. The second-order valence-corrected chi connectivity index (χ2v) is 2.34. The molecule has 0 atom stereocenters. The van der Waals surface area contributed by atoms with Crippen LogP contribution in [-0.2, 0) is 4.79 Å². The molecule has 68 valence electrons. The molecule has 1 heterocycles. The summed E-state index contributed by atoms with van der Waals surface area (Å²) in [6, 6.07) is 0. The van der Waals surface area contributed by atoms with E-state index in [2.05, 4.69) is 12.3 Å². The highest BCUT2D eigenvalue weighted by molar-refractivity contribution is 5.66. The van der Waals surface area contributed by atoms with Gasteiger partial charge in [-0.1, -0.05) is 12.2 Å². The molecule has 1 fully saturated rings. The highest BCUT2D eigenvalue weighted by Gasteiger charge is 2.18. The van der Waals surface area contributed by atoms with Gasteiger partial charge in [0.2, 0.25) is 6.41 Å². The minimum absolute atomic E-state index is 0.250. The Morgan fingerprint density at radius 2 is 2.25 bits per heavy atom. The van der Waals surface area contributed by atoms with Gasteiger partial charge in [0, 0.05) is 13.1 Å². The van der Waals surface area contributed by atoms with E-state index in [1.807, 2.05) is 0 Å². The predicted molar refractivity (Wildman–Crippen MR) is 43.6 cm³/mol. The van der Waals surface area contributed by atoms with Crippen LogP contribution in [0.5, 0.6) is 0 Å². The second kappa shape index (κ2) is 5.17. The molecule has 0 unspecified atom stereocenters. The zero-order chi connectivity index (χ0) is 9.56. The minimum Gasteiger partial charge on any atom is -0.465 e. The van der Waals surface area contributed by atoms with Crippen LogP contribution in [0.15, 0.2) is 12.2 Å². The Morgan fingerprint density at radius 3 is 2.42 bits per heavy atom. The van der Waals surface area contributed by atoms with Crippen LogP contribution in [-0.4, -0.2) is 35.6 Å². The molecule has 0 saturated carbocycles. The van der Waals surface area contributed by atoms with Crippen LogP contribution in [0.1, 0.15) is 6.42 Å². The fraction of sp³-hybridized carbons (Fsp3) is 0.429. The molecule has 0 bridgehead atoms. The molecule has 1 saturated heterocycles. The lowest BCUT2D eigenvalue weighted by Gasteiger charge is -2.07. The molecule has 2 amide bonds. The maximum Gasteiger partial charge on any atom is 0.407 e. The number of nitrogens with two attached hydrogens (primary N) is 1. The van der Waals surface area contributed by atoms with Crippen LogP contribution in [0.25, 0.3) is 0 Å². The maximum absolute atomic E-state index is 10.2. The fourth-order valence-electron chi connectivity index (χ4n) is 0.884. The lowest BCUT2D eigenvalue weighted by Crippen LogP contribution is -2.25. The van der Waals surface area contributed by atoms with Crippen molar-refractivity contribution >= 4 is 12.5 Å². The van der Waals surface area contributed by atoms with E-state index in [9.17, 15) is 4.79 Å². The summed E-state index contributed by atoms with van der Waals surface area (Å²) in [4.78, 5) is 20.2. The monoisotopic (exact) mass is 172 g/mol. The second-order valence-electron chi connectivity index (χ2n) is 2.34. The first-order valence-corrected chi connectivity index (χ1v) is 3.41. The highest BCUT2D eigenvalue weighted by atomic mass is 16.4. The number of hydrogen-bond donors (Lipinski definition) is 2. The predicted octanol–water partition coefficient (Wildman–Crippen LogP) is 0.0278. The van der Waals surface area contributed by atoms with Gasteiger partial charge in [0.1, 0.15) is 0 Å². The van der Waals surface area contributed by atoms with Gasteiger partial charge in [-0.25, -0.2) is 4.79 Å². The first kappa shape index (κ1) is 10.5. The Hall–Kier alpha value is -1.52. The van der Waals surface area contributed by atoms with Crippen LogP contribution in [0.4, 0.5) is 4.79 Å². The Bertz CT molecular complexity index is 191. The summed E-state index contributed by atoms with van der Waals surface area (Å²) in [6.07, 6.45) is 0.236. The Morgan fingerprint density at radius 1 is 1.75 bits per heavy atom. The standard InChI is InChI=1S/C6H9NO2.CH3NO/c1-5-2-3-7(4-5)6(8)9;2-1-3/h1-4H2,(H,8,9);1H,(H2,2,3). The summed E-state index contributed by atoms with van der Waals surface area (Å²) in [5.41, 5.74) is 5.18. The summed E-state index contributed by atoms with van der Waals surface area (Å²) in [5, 5.41) is 8.42. The molecule has 5 heteroatoms. The third kappa shape index (κ3) is 3.60. The lowest BCUT2D eigenvalue weighted by molar-refractivity contribution is -0.106. The van der Waals surface area contributed by atoms with E-state index in [0.29, 0.717) is 13.1 Å². The van der Waals surface area contributed by atoms with Crippen molar-refractivity contribution in [3.63, 3.8) is 0 Å². The number of carbonyl (C=O) groups excluding carboxylic acids is 1. The molecule has 12 heavy (non-hydrogen) atoms. The van der Waals surface area contributed by atoms with Gasteiger partial charge >= 0.3 is 6.09 Å². The van der Waals surface area contributed by atoms with Crippen LogP contribution < -0.4 is 5.73 Å². The number of carboxylic acid groups (broad SMARTS) is 1. The Labute approximate surface area is 70.5 Å². The van der Waals surface area contributed by atoms with E-state index >= 15 is 0 Å². The molecule has 0 aromatic rings. The smallest absolute Gasteiger partial charge is 0.407 e. The number of hydrogen-bond acceptors (Lipinski definition) is 2. The van der Waals surface area contributed by atoms with Crippen molar-refractivity contribution in [3.05, 3.63) is 12.2 Å². The molecule has 0 aromatic heterocycles. The lowest BCUT2D eigenvalue weighted by atomic mass is 10.3.